The van der Waals surface area contributed by atoms with Gasteiger partial charge in [-0.2, -0.15) is 4.39 Å². The summed E-state index contributed by atoms with van der Waals surface area (Å²) in [4.78, 5) is 15.3. The first kappa shape index (κ1) is 13.3. The maximum Gasteiger partial charge on any atom is 0.269 e. The van der Waals surface area contributed by atoms with Gasteiger partial charge in [-0.05, 0) is 30.7 Å². The van der Waals surface area contributed by atoms with Crippen LogP contribution in [-0.2, 0) is 0 Å². The Labute approximate surface area is 114 Å². The predicted octanol–water partition coefficient (Wildman–Crippen LogP) is 2.94. The van der Waals surface area contributed by atoms with Gasteiger partial charge in [0.1, 0.15) is 0 Å². The van der Waals surface area contributed by atoms with E-state index in [1.807, 2.05) is 0 Å². The van der Waals surface area contributed by atoms with E-state index in [-0.39, 0.29) is 5.91 Å². The summed E-state index contributed by atoms with van der Waals surface area (Å²) in [5.41, 5.74) is 6.62. The molecular formula is C13H11ClFN3O. The molecular weight excluding hydrogens is 269 g/mol. The van der Waals surface area contributed by atoms with Gasteiger partial charge < -0.3 is 0 Å². The molecule has 2 N–H and O–H groups in total. The van der Waals surface area contributed by atoms with Crippen molar-refractivity contribution in [2.45, 2.75) is 6.92 Å². The molecule has 1 heterocycles. The average molecular weight is 280 g/mol. The molecule has 0 aliphatic rings. The Hall–Kier alpha value is -2.14. The number of aromatic nitrogens is 1. The van der Waals surface area contributed by atoms with Crippen molar-refractivity contribution in [1.82, 2.24) is 10.4 Å². The number of hydrazine groups is 1. The molecule has 6 heteroatoms. The molecule has 4 nitrogen and oxygen atoms in total. The lowest BCUT2D eigenvalue weighted by Gasteiger charge is -2.10. The zero-order valence-corrected chi connectivity index (χ0v) is 10.8. The second kappa shape index (κ2) is 5.67. The van der Waals surface area contributed by atoms with Gasteiger partial charge in [-0.25, -0.2) is 4.98 Å². The van der Waals surface area contributed by atoms with Crippen molar-refractivity contribution in [3.05, 3.63) is 58.6 Å². The third kappa shape index (κ3) is 3.20. The van der Waals surface area contributed by atoms with Crippen molar-refractivity contribution in [3.63, 3.8) is 0 Å². The Morgan fingerprint density at radius 3 is 2.89 bits per heavy atom. The first-order valence-corrected chi connectivity index (χ1v) is 5.89. The van der Waals surface area contributed by atoms with Crippen molar-refractivity contribution in [1.29, 1.82) is 0 Å². The van der Waals surface area contributed by atoms with Gasteiger partial charge in [-0.3, -0.25) is 15.6 Å². The zero-order valence-electron chi connectivity index (χ0n) is 10.1. The molecule has 2 aromatic rings. The molecule has 0 radical (unpaired) electrons. The number of nitrogens with zero attached hydrogens (tertiary/aromatic N) is 1. The first-order valence-electron chi connectivity index (χ1n) is 5.51. The van der Waals surface area contributed by atoms with Crippen LogP contribution >= 0.6 is 11.6 Å². The van der Waals surface area contributed by atoms with Crippen LogP contribution < -0.4 is 10.9 Å². The van der Waals surface area contributed by atoms with E-state index in [4.69, 9.17) is 11.6 Å². The van der Waals surface area contributed by atoms with Crippen LogP contribution in [0.15, 0.2) is 36.5 Å². The number of pyridine rings is 1. The van der Waals surface area contributed by atoms with E-state index in [0.29, 0.717) is 21.8 Å². The smallest absolute Gasteiger partial charge is 0.269 e. The largest absolute Gasteiger partial charge is 0.298 e. The number of anilines is 1. The summed E-state index contributed by atoms with van der Waals surface area (Å²) in [5, 5.41) is 0.516. The number of carbonyl (C=O) groups is 1. The van der Waals surface area contributed by atoms with E-state index in [9.17, 15) is 9.18 Å². The highest BCUT2D eigenvalue weighted by atomic mass is 35.5. The summed E-state index contributed by atoms with van der Waals surface area (Å²) >= 11 is 5.94. The van der Waals surface area contributed by atoms with Gasteiger partial charge in [0.25, 0.3) is 5.91 Å². The average Bonchev–Trinajstić information content (AvgIpc) is 2.39. The maximum absolute atomic E-state index is 12.9. The molecule has 0 bridgehead atoms. The molecule has 0 unspecified atom stereocenters. The fourth-order valence-electron chi connectivity index (χ4n) is 1.53. The molecule has 98 valence electrons. The number of rotatable bonds is 3. The molecule has 0 saturated carbocycles. The zero-order chi connectivity index (χ0) is 13.8. The van der Waals surface area contributed by atoms with Crippen LogP contribution in [0.25, 0.3) is 0 Å². The number of hydrogen-bond acceptors (Lipinski definition) is 3. The lowest BCUT2D eigenvalue weighted by Crippen LogP contribution is -2.30. The normalized spacial score (nSPS) is 10.1. The molecule has 1 aromatic carbocycles. The lowest BCUT2D eigenvalue weighted by molar-refractivity contribution is 0.0962. The molecule has 0 aliphatic carbocycles. The van der Waals surface area contributed by atoms with Gasteiger partial charge in [0.05, 0.1) is 5.69 Å². The summed E-state index contributed by atoms with van der Waals surface area (Å²) in [6, 6.07) is 7.76. The van der Waals surface area contributed by atoms with Gasteiger partial charge in [0.2, 0.25) is 5.95 Å². The van der Waals surface area contributed by atoms with Crippen LogP contribution in [0.3, 0.4) is 0 Å². The Bertz CT molecular complexity index is 619. The van der Waals surface area contributed by atoms with Gasteiger partial charge in [0, 0.05) is 22.8 Å². The Morgan fingerprint density at radius 2 is 2.16 bits per heavy atom. The Balaban J connectivity index is 2.08. The molecule has 0 atom stereocenters. The third-order valence-electron chi connectivity index (χ3n) is 2.56. The van der Waals surface area contributed by atoms with Gasteiger partial charge in [-0.1, -0.05) is 17.7 Å². The summed E-state index contributed by atoms with van der Waals surface area (Å²) in [6.45, 7) is 1.75. The summed E-state index contributed by atoms with van der Waals surface area (Å²) in [7, 11) is 0. The summed E-state index contributed by atoms with van der Waals surface area (Å²) in [6.07, 6.45) is 1.30. The number of nitrogens with one attached hydrogen (secondary N) is 2. The van der Waals surface area contributed by atoms with Crippen LogP contribution in [0.4, 0.5) is 10.1 Å². The van der Waals surface area contributed by atoms with Crippen molar-refractivity contribution in [2.24, 2.45) is 0 Å². The van der Waals surface area contributed by atoms with E-state index < -0.39 is 5.95 Å². The highest BCUT2D eigenvalue weighted by molar-refractivity contribution is 6.31. The molecule has 0 saturated heterocycles. The summed E-state index contributed by atoms with van der Waals surface area (Å²) in [5.74, 6) is -0.976. The van der Waals surface area contributed by atoms with Crippen LogP contribution in [0, 0.1) is 12.9 Å². The number of halogens is 2. The number of hydrogen-bond donors (Lipinski definition) is 2. The monoisotopic (exact) mass is 279 g/mol. The van der Waals surface area contributed by atoms with Gasteiger partial charge >= 0.3 is 0 Å². The predicted molar refractivity (Wildman–Crippen MR) is 71.5 cm³/mol. The SMILES string of the molecule is Cc1c(Cl)cccc1C(=O)NNc1ccnc(F)c1. The van der Waals surface area contributed by atoms with Crippen molar-refractivity contribution in [2.75, 3.05) is 5.43 Å². The molecule has 0 fully saturated rings. The molecule has 1 aromatic heterocycles. The second-order valence-electron chi connectivity index (χ2n) is 3.86. The minimum atomic E-state index is -0.627. The Morgan fingerprint density at radius 1 is 1.37 bits per heavy atom. The highest BCUT2D eigenvalue weighted by Crippen LogP contribution is 2.18. The van der Waals surface area contributed by atoms with Crippen LogP contribution in [0.5, 0.6) is 0 Å². The quantitative estimate of drug-likeness (QED) is 0.671. The van der Waals surface area contributed by atoms with E-state index in [1.165, 1.54) is 18.3 Å². The lowest BCUT2D eigenvalue weighted by atomic mass is 10.1. The van der Waals surface area contributed by atoms with Crippen molar-refractivity contribution < 1.29 is 9.18 Å². The molecule has 19 heavy (non-hydrogen) atoms. The fraction of sp³-hybridized carbons (Fsp3) is 0.0769. The Kier molecular flexibility index (Phi) is 3.97. The highest BCUT2D eigenvalue weighted by Gasteiger charge is 2.10. The van der Waals surface area contributed by atoms with Crippen molar-refractivity contribution >= 4 is 23.2 Å². The van der Waals surface area contributed by atoms with Crippen LogP contribution in [0.2, 0.25) is 5.02 Å². The van der Waals surface area contributed by atoms with E-state index in [1.54, 1.807) is 25.1 Å². The molecule has 0 aliphatic heterocycles. The molecule has 0 spiro atoms. The fourth-order valence-corrected chi connectivity index (χ4v) is 1.70. The van der Waals surface area contributed by atoms with E-state index >= 15 is 0 Å². The number of carbonyl (C=O) groups excluding carboxylic acids is 1. The molecule has 1 amide bonds. The maximum atomic E-state index is 12.9. The topological polar surface area (TPSA) is 54.0 Å². The second-order valence-corrected chi connectivity index (χ2v) is 4.27. The van der Waals surface area contributed by atoms with Gasteiger partial charge in [0.15, 0.2) is 0 Å². The van der Waals surface area contributed by atoms with Crippen LogP contribution in [0.1, 0.15) is 15.9 Å². The van der Waals surface area contributed by atoms with E-state index in [2.05, 4.69) is 15.8 Å². The summed E-state index contributed by atoms with van der Waals surface area (Å²) < 4.78 is 12.9. The third-order valence-corrected chi connectivity index (χ3v) is 2.97. The van der Waals surface area contributed by atoms with Crippen LogP contribution in [-0.4, -0.2) is 10.9 Å². The standard InChI is InChI=1S/C13H11ClFN3O/c1-8-10(3-2-4-11(8)14)13(19)18-17-9-5-6-16-12(15)7-9/h2-7H,1H3,(H,16,17)(H,18,19). The minimum Gasteiger partial charge on any atom is -0.298 e. The van der Waals surface area contributed by atoms with Crippen molar-refractivity contribution in [3.8, 4) is 0 Å². The first-order chi connectivity index (χ1) is 9.08. The number of amides is 1. The molecule has 2 rings (SSSR count). The van der Waals surface area contributed by atoms with Gasteiger partial charge in [-0.15, -0.1) is 0 Å². The number of benzene rings is 1. The minimum absolute atomic E-state index is 0.350. The van der Waals surface area contributed by atoms with E-state index in [0.717, 1.165) is 0 Å².